The molecule has 3 nitrogen and oxygen atoms in total. The summed E-state index contributed by atoms with van der Waals surface area (Å²) in [5.41, 5.74) is 8.85. The molecule has 4 aliphatic carbocycles. The predicted octanol–water partition coefficient (Wildman–Crippen LogP) is 3.09. The van der Waals surface area contributed by atoms with E-state index in [0.717, 1.165) is 35.9 Å². The molecule has 98 valence electrons. The third kappa shape index (κ3) is 1.39. The van der Waals surface area contributed by atoms with Crippen LogP contribution in [0.4, 0.5) is 5.82 Å². The number of aromatic amines is 1. The van der Waals surface area contributed by atoms with Gasteiger partial charge in [-0.3, -0.25) is 5.10 Å². The normalized spacial score (nSPS) is 41.5. The molecule has 0 amide bonds. The second-order valence-corrected chi connectivity index (χ2v) is 6.81. The largest absolute Gasteiger partial charge is 0.382 e. The maximum atomic E-state index is 6.15. The molecule has 3 heteroatoms. The number of hydrogen-bond donors (Lipinski definition) is 2. The van der Waals surface area contributed by atoms with Crippen molar-refractivity contribution in [2.24, 2.45) is 23.7 Å². The molecule has 4 fully saturated rings. The van der Waals surface area contributed by atoms with Gasteiger partial charge in [0.2, 0.25) is 0 Å². The Morgan fingerprint density at radius 1 is 1.11 bits per heavy atom. The highest BCUT2D eigenvalue weighted by molar-refractivity contribution is 5.46. The average molecular weight is 245 g/mol. The highest BCUT2D eigenvalue weighted by Crippen LogP contribution is 2.60. The quantitative estimate of drug-likeness (QED) is 0.841. The molecule has 0 spiro atoms. The Morgan fingerprint density at radius 2 is 1.72 bits per heavy atom. The second kappa shape index (κ2) is 3.75. The number of nitrogens with two attached hydrogens (primary N) is 1. The number of nitrogens with one attached hydrogen (secondary N) is 1. The summed E-state index contributed by atoms with van der Waals surface area (Å²) in [4.78, 5) is 0. The molecular formula is C15H23N3. The monoisotopic (exact) mass is 245 g/mol. The van der Waals surface area contributed by atoms with Crippen molar-refractivity contribution in [2.45, 2.75) is 51.4 Å². The molecule has 0 radical (unpaired) electrons. The number of rotatable bonds is 2. The van der Waals surface area contributed by atoms with Crippen LogP contribution >= 0.6 is 0 Å². The smallest absolute Gasteiger partial charge is 0.148 e. The molecule has 5 rings (SSSR count). The van der Waals surface area contributed by atoms with Crippen LogP contribution in [0.15, 0.2) is 0 Å². The number of H-pyrrole nitrogens is 1. The molecule has 0 aliphatic heterocycles. The second-order valence-electron chi connectivity index (χ2n) is 6.81. The molecular weight excluding hydrogens is 222 g/mol. The molecule has 3 N–H and O–H groups in total. The van der Waals surface area contributed by atoms with Gasteiger partial charge in [0.05, 0.1) is 0 Å². The zero-order chi connectivity index (χ0) is 12.3. The van der Waals surface area contributed by atoms with Gasteiger partial charge in [0, 0.05) is 11.3 Å². The van der Waals surface area contributed by atoms with E-state index >= 15 is 0 Å². The molecule has 4 aliphatic rings. The van der Waals surface area contributed by atoms with Gasteiger partial charge in [-0.15, -0.1) is 0 Å². The highest BCUT2D eigenvalue weighted by Gasteiger charge is 2.49. The van der Waals surface area contributed by atoms with Crippen LogP contribution in [-0.4, -0.2) is 10.2 Å². The first-order valence-corrected chi connectivity index (χ1v) is 7.58. The van der Waals surface area contributed by atoms with Crippen molar-refractivity contribution in [1.82, 2.24) is 10.2 Å². The van der Waals surface area contributed by atoms with Gasteiger partial charge in [-0.25, -0.2) is 0 Å². The fraction of sp³-hybridized carbons (Fsp3) is 0.800. The minimum atomic E-state index is 0.714. The van der Waals surface area contributed by atoms with Crippen LogP contribution in [0.2, 0.25) is 0 Å². The summed E-state index contributed by atoms with van der Waals surface area (Å²) in [5, 5.41) is 7.43. The van der Waals surface area contributed by atoms with Crippen molar-refractivity contribution in [3.8, 4) is 0 Å². The van der Waals surface area contributed by atoms with E-state index in [1.165, 1.54) is 43.4 Å². The highest BCUT2D eigenvalue weighted by atomic mass is 15.2. The standard InChI is InChI=1S/C15H23N3/c1-2-12-14(15(16)18-17-12)13-10-4-8-3-9(6-10)7-11(13)5-8/h8-11,13H,2-7H2,1H3,(H3,16,17,18). The van der Waals surface area contributed by atoms with Crippen molar-refractivity contribution in [2.75, 3.05) is 5.73 Å². The number of hydrogen-bond acceptors (Lipinski definition) is 2. The molecule has 1 aromatic heterocycles. The van der Waals surface area contributed by atoms with Gasteiger partial charge in [0.15, 0.2) is 0 Å². The first kappa shape index (κ1) is 10.9. The van der Waals surface area contributed by atoms with Gasteiger partial charge in [-0.1, -0.05) is 6.92 Å². The molecule has 4 bridgehead atoms. The molecule has 0 saturated heterocycles. The van der Waals surface area contributed by atoms with Crippen LogP contribution in [-0.2, 0) is 6.42 Å². The molecule has 0 unspecified atom stereocenters. The van der Waals surface area contributed by atoms with Crippen LogP contribution < -0.4 is 5.73 Å². The van der Waals surface area contributed by atoms with Gasteiger partial charge in [-0.05, 0) is 68.1 Å². The summed E-state index contributed by atoms with van der Waals surface area (Å²) in [6.07, 6.45) is 8.34. The first-order chi connectivity index (χ1) is 8.76. The van der Waals surface area contributed by atoms with E-state index in [1.807, 2.05) is 0 Å². The zero-order valence-corrected chi connectivity index (χ0v) is 11.2. The van der Waals surface area contributed by atoms with Crippen LogP contribution in [0, 0.1) is 23.7 Å². The topological polar surface area (TPSA) is 54.7 Å². The lowest BCUT2D eigenvalue weighted by Gasteiger charge is -2.54. The van der Waals surface area contributed by atoms with E-state index in [0.29, 0.717) is 5.92 Å². The van der Waals surface area contributed by atoms with Crippen LogP contribution in [0.25, 0.3) is 0 Å². The Kier molecular flexibility index (Phi) is 2.27. The Balaban J connectivity index is 1.74. The van der Waals surface area contributed by atoms with Crippen molar-refractivity contribution in [3.05, 3.63) is 11.3 Å². The summed E-state index contributed by atoms with van der Waals surface area (Å²) in [6, 6.07) is 0. The first-order valence-electron chi connectivity index (χ1n) is 7.58. The van der Waals surface area contributed by atoms with E-state index in [2.05, 4.69) is 17.1 Å². The van der Waals surface area contributed by atoms with Gasteiger partial charge in [-0.2, -0.15) is 5.10 Å². The molecule has 0 aromatic carbocycles. The molecule has 18 heavy (non-hydrogen) atoms. The summed E-state index contributed by atoms with van der Waals surface area (Å²) >= 11 is 0. The van der Waals surface area contributed by atoms with Gasteiger partial charge >= 0.3 is 0 Å². The fourth-order valence-electron chi connectivity index (χ4n) is 5.44. The van der Waals surface area contributed by atoms with Crippen molar-refractivity contribution in [3.63, 3.8) is 0 Å². The van der Waals surface area contributed by atoms with Crippen LogP contribution in [0.5, 0.6) is 0 Å². The summed E-state index contributed by atoms with van der Waals surface area (Å²) in [5.74, 6) is 5.35. The summed E-state index contributed by atoms with van der Waals surface area (Å²) in [7, 11) is 0. The molecule has 0 atom stereocenters. The summed E-state index contributed by atoms with van der Waals surface area (Å²) in [6.45, 7) is 2.20. The van der Waals surface area contributed by atoms with Gasteiger partial charge in [0.1, 0.15) is 5.82 Å². The molecule has 1 aromatic rings. The molecule has 1 heterocycles. The van der Waals surface area contributed by atoms with Gasteiger partial charge < -0.3 is 5.73 Å². The lowest BCUT2D eigenvalue weighted by Crippen LogP contribution is -2.44. The maximum absolute atomic E-state index is 6.15. The Morgan fingerprint density at radius 3 is 2.28 bits per heavy atom. The van der Waals surface area contributed by atoms with Gasteiger partial charge in [0.25, 0.3) is 0 Å². The van der Waals surface area contributed by atoms with Crippen LogP contribution in [0.1, 0.15) is 56.2 Å². The third-order valence-electron chi connectivity index (χ3n) is 5.83. The minimum Gasteiger partial charge on any atom is -0.382 e. The van der Waals surface area contributed by atoms with E-state index in [1.54, 1.807) is 0 Å². The SMILES string of the molecule is CCc1[nH]nc(N)c1C1C2CC3CC(C2)CC1C3. The summed E-state index contributed by atoms with van der Waals surface area (Å²) < 4.78 is 0. The maximum Gasteiger partial charge on any atom is 0.148 e. The number of aromatic nitrogens is 2. The minimum absolute atomic E-state index is 0.714. The Hall–Kier alpha value is -0.990. The third-order valence-corrected chi connectivity index (χ3v) is 5.83. The van der Waals surface area contributed by atoms with Crippen LogP contribution in [0.3, 0.4) is 0 Å². The fourth-order valence-corrected chi connectivity index (χ4v) is 5.44. The predicted molar refractivity (Wildman–Crippen MR) is 72.2 cm³/mol. The number of nitrogen functional groups attached to an aromatic ring is 1. The Labute approximate surface area is 109 Å². The number of anilines is 1. The average Bonchev–Trinajstić information content (AvgIpc) is 2.70. The van der Waals surface area contributed by atoms with Crippen molar-refractivity contribution < 1.29 is 0 Å². The van der Waals surface area contributed by atoms with Crippen molar-refractivity contribution >= 4 is 5.82 Å². The van der Waals surface area contributed by atoms with E-state index in [4.69, 9.17) is 5.73 Å². The van der Waals surface area contributed by atoms with Crippen molar-refractivity contribution in [1.29, 1.82) is 0 Å². The number of aryl methyl sites for hydroxylation is 1. The molecule has 4 saturated carbocycles. The van der Waals surface area contributed by atoms with E-state index in [9.17, 15) is 0 Å². The van der Waals surface area contributed by atoms with E-state index in [-0.39, 0.29) is 0 Å². The van der Waals surface area contributed by atoms with E-state index < -0.39 is 0 Å². The zero-order valence-electron chi connectivity index (χ0n) is 11.2. The Bertz CT molecular complexity index is 434. The number of nitrogens with zero attached hydrogens (tertiary/aromatic N) is 1. The lowest BCUT2D eigenvalue weighted by atomic mass is 9.50. The lowest BCUT2D eigenvalue weighted by molar-refractivity contribution is -0.00280.